The molecule has 3 rings (SSSR count). The van der Waals surface area contributed by atoms with E-state index in [4.69, 9.17) is 0 Å². The summed E-state index contributed by atoms with van der Waals surface area (Å²) < 4.78 is 39.8. The topological polar surface area (TPSA) is 23.6 Å². The number of carbonyl (C=O) groups is 1. The van der Waals surface area contributed by atoms with Crippen molar-refractivity contribution in [2.75, 3.05) is 26.2 Å². The predicted octanol–water partition coefficient (Wildman–Crippen LogP) is 4.01. The summed E-state index contributed by atoms with van der Waals surface area (Å²) in [5.41, 5.74) is 2.50. The second-order valence-electron chi connectivity index (χ2n) is 7.57. The first-order valence-electron chi connectivity index (χ1n) is 9.48. The van der Waals surface area contributed by atoms with E-state index >= 15 is 0 Å². The van der Waals surface area contributed by atoms with Crippen molar-refractivity contribution >= 4 is 5.91 Å². The first kappa shape index (κ1) is 19.2. The number of carbonyl (C=O) groups excluding carboxylic acids is 1. The molecule has 1 aromatic rings. The van der Waals surface area contributed by atoms with Crippen molar-refractivity contribution in [1.82, 2.24) is 9.80 Å². The molecule has 1 aliphatic carbocycles. The van der Waals surface area contributed by atoms with Crippen LogP contribution in [0.4, 0.5) is 13.2 Å². The second kappa shape index (κ2) is 7.99. The van der Waals surface area contributed by atoms with Crippen molar-refractivity contribution in [2.45, 2.75) is 45.3 Å². The quantitative estimate of drug-likeness (QED) is 0.805. The summed E-state index contributed by atoms with van der Waals surface area (Å²) in [6, 6.07) is 8.21. The molecule has 0 radical (unpaired) electrons. The zero-order valence-corrected chi connectivity index (χ0v) is 15.3. The van der Waals surface area contributed by atoms with Gasteiger partial charge in [-0.1, -0.05) is 37.1 Å². The van der Waals surface area contributed by atoms with Crippen molar-refractivity contribution < 1.29 is 18.0 Å². The molecule has 0 bridgehead atoms. The van der Waals surface area contributed by atoms with Gasteiger partial charge in [0, 0.05) is 38.6 Å². The summed E-state index contributed by atoms with van der Waals surface area (Å²) in [6.45, 7) is 5.36. The Morgan fingerprint density at radius 3 is 2.38 bits per heavy atom. The molecule has 6 heteroatoms. The SMILES string of the molecule is Cc1ccccc1CN1CCN(C(=O)C2CCCCC2C(F)(F)F)CC1. The molecule has 1 amide bonds. The first-order valence-corrected chi connectivity index (χ1v) is 9.48. The van der Waals surface area contributed by atoms with Gasteiger partial charge < -0.3 is 4.90 Å². The average Bonchev–Trinajstić information content (AvgIpc) is 2.63. The van der Waals surface area contributed by atoms with Gasteiger partial charge in [0.25, 0.3) is 0 Å². The van der Waals surface area contributed by atoms with Crippen LogP contribution in [0.25, 0.3) is 0 Å². The molecule has 1 saturated carbocycles. The van der Waals surface area contributed by atoms with E-state index in [2.05, 4.69) is 24.0 Å². The van der Waals surface area contributed by atoms with Crippen LogP contribution >= 0.6 is 0 Å². The van der Waals surface area contributed by atoms with Crippen LogP contribution in [0, 0.1) is 18.8 Å². The van der Waals surface area contributed by atoms with Gasteiger partial charge in [0.2, 0.25) is 5.91 Å². The minimum atomic E-state index is -4.27. The van der Waals surface area contributed by atoms with Gasteiger partial charge in [-0.15, -0.1) is 0 Å². The van der Waals surface area contributed by atoms with Crippen LogP contribution < -0.4 is 0 Å². The third-order valence-electron chi connectivity index (χ3n) is 5.84. The van der Waals surface area contributed by atoms with Crippen LogP contribution in [0.2, 0.25) is 0 Å². The van der Waals surface area contributed by atoms with Gasteiger partial charge in [-0.05, 0) is 30.9 Å². The van der Waals surface area contributed by atoms with Gasteiger partial charge in [0.15, 0.2) is 0 Å². The minimum absolute atomic E-state index is 0.0904. The Balaban J connectivity index is 1.57. The van der Waals surface area contributed by atoms with E-state index in [0.29, 0.717) is 39.0 Å². The standard InChI is InChI=1S/C20H27F3N2O/c1-15-6-2-3-7-16(15)14-24-10-12-25(13-11-24)19(26)17-8-4-5-9-18(17)20(21,22)23/h2-3,6-7,17-18H,4-5,8-14H2,1H3. The Labute approximate surface area is 153 Å². The third-order valence-corrected chi connectivity index (χ3v) is 5.84. The molecule has 2 fully saturated rings. The summed E-state index contributed by atoms with van der Waals surface area (Å²) in [5.74, 6) is -2.64. The van der Waals surface area contributed by atoms with Crippen molar-refractivity contribution in [3.8, 4) is 0 Å². The summed E-state index contributed by atoms with van der Waals surface area (Å²) in [6.07, 6.45) is -2.53. The molecule has 144 valence electrons. The van der Waals surface area contributed by atoms with E-state index in [-0.39, 0.29) is 12.3 Å². The molecule has 1 aliphatic heterocycles. The number of aryl methyl sites for hydroxylation is 1. The van der Waals surface area contributed by atoms with E-state index < -0.39 is 18.0 Å². The molecule has 3 nitrogen and oxygen atoms in total. The molecular weight excluding hydrogens is 341 g/mol. The molecule has 2 unspecified atom stereocenters. The number of alkyl halides is 3. The Morgan fingerprint density at radius 1 is 1.08 bits per heavy atom. The number of halogens is 3. The van der Waals surface area contributed by atoms with Crippen molar-refractivity contribution in [2.24, 2.45) is 11.8 Å². The normalized spacial score (nSPS) is 25.3. The summed E-state index contributed by atoms with van der Waals surface area (Å²) in [7, 11) is 0. The van der Waals surface area contributed by atoms with Crippen LogP contribution in [-0.4, -0.2) is 48.1 Å². The monoisotopic (exact) mass is 368 g/mol. The van der Waals surface area contributed by atoms with E-state index in [1.165, 1.54) is 11.1 Å². The highest BCUT2D eigenvalue weighted by Crippen LogP contribution is 2.42. The highest BCUT2D eigenvalue weighted by molar-refractivity contribution is 5.79. The number of benzene rings is 1. The van der Waals surface area contributed by atoms with Crippen LogP contribution in [0.15, 0.2) is 24.3 Å². The maximum absolute atomic E-state index is 13.3. The molecule has 0 spiro atoms. The van der Waals surface area contributed by atoms with Crippen molar-refractivity contribution in [1.29, 1.82) is 0 Å². The molecule has 0 aromatic heterocycles. The van der Waals surface area contributed by atoms with E-state index in [1.807, 2.05) is 12.1 Å². The average molecular weight is 368 g/mol. The number of hydrogen-bond donors (Lipinski definition) is 0. The molecular formula is C20H27F3N2O. The van der Waals surface area contributed by atoms with E-state index in [0.717, 1.165) is 13.0 Å². The van der Waals surface area contributed by atoms with Crippen LogP contribution in [0.5, 0.6) is 0 Å². The van der Waals surface area contributed by atoms with Gasteiger partial charge in [-0.2, -0.15) is 13.2 Å². The fourth-order valence-electron chi connectivity index (χ4n) is 4.21. The Hall–Kier alpha value is -1.56. The van der Waals surface area contributed by atoms with Crippen molar-refractivity contribution in [3.05, 3.63) is 35.4 Å². The van der Waals surface area contributed by atoms with Gasteiger partial charge in [-0.3, -0.25) is 9.69 Å². The number of hydrogen-bond acceptors (Lipinski definition) is 2. The van der Waals surface area contributed by atoms with Gasteiger partial charge in [0.05, 0.1) is 5.92 Å². The van der Waals surface area contributed by atoms with Gasteiger partial charge >= 0.3 is 6.18 Å². The van der Waals surface area contributed by atoms with E-state index in [9.17, 15) is 18.0 Å². The summed E-state index contributed by atoms with van der Waals surface area (Å²) >= 11 is 0. The predicted molar refractivity (Wildman–Crippen MR) is 94.5 cm³/mol. The van der Waals surface area contributed by atoms with Crippen LogP contribution in [0.3, 0.4) is 0 Å². The molecule has 1 saturated heterocycles. The largest absolute Gasteiger partial charge is 0.392 e. The maximum atomic E-state index is 13.3. The van der Waals surface area contributed by atoms with Crippen LogP contribution in [-0.2, 0) is 11.3 Å². The van der Waals surface area contributed by atoms with Crippen LogP contribution in [0.1, 0.15) is 36.8 Å². The molecule has 26 heavy (non-hydrogen) atoms. The van der Waals surface area contributed by atoms with Gasteiger partial charge in [0.1, 0.15) is 0 Å². The fourth-order valence-corrected chi connectivity index (χ4v) is 4.21. The first-order chi connectivity index (χ1) is 12.4. The lowest BCUT2D eigenvalue weighted by Crippen LogP contribution is -2.52. The zero-order valence-electron chi connectivity index (χ0n) is 15.3. The highest BCUT2D eigenvalue weighted by Gasteiger charge is 2.49. The molecule has 0 N–H and O–H groups in total. The summed E-state index contributed by atoms with van der Waals surface area (Å²) in [5, 5.41) is 0. The minimum Gasteiger partial charge on any atom is -0.340 e. The van der Waals surface area contributed by atoms with Gasteiger partial charge in [-0.25, -0.2) is 0 Å². The fraction of sp³-hybridized carbons (Fsp3) is 0.650. The lowest BCUT2D eigenvalue weighted by atomic mass is 9.78. The van der Waals surface area contributed by atoms with E-state index in [1.54, 1.807) is 4.90 Å². The lowest BCUT2D eigenvalue weighted by molar-refractivity contribution is -0.201. The number of rotatable bonds is 3. The smallest absolute Gasteiger partial charge is 0.340 e. The Morgan fingerprint density at radius 2 is 1.73 bits per heavy atom. The summed E-state index contributed by atoms with van der Waals surface area (Å²) in [4.78, 5) is 16.7. The number of piperazine rings is 1. The molecule has 2 aliphatic rings. The Kier molecular flexibility index (Phi) is 5.90. The maximum Gasteiger partial charge on any atom is 0.392 e. The lowest BCUT2D eigenvalue weighted by Gasteiger charge is -2.39. The molecule has 2 atom stereocenters. The number of amides is 1. The highest BCUT2D eigenvalue weighted by atomic mass is 19.4. The second-order valence-corrected chi connectivity index (χ2v) is 7.57. The Bertz CT molecular complexity index is 624. The van der Waals surface area contributed by atoms with Crippen molar-refractivity contribution in [3.63, 3.8) is 0 Å². The molecule has 1 aromatic carbocycles. The number of nitrogens with zero attached hydrogens (tertiary/aromatic N) is 2. The molecule has 1 heterocycles. The third kappa shape index (κ3) is 4.40. The zero-order chi connectivity index (χ0) is 18.7.